The molecule has 1 aromatic carbocycles. The number of benzene rings is 1. The second-order valence-corrected chi connectivity index (χ2v) is 5.27. The normalized spacial score (nSPS) is 16.1. The van der Waals surface area contributed by atoms with E-state index in [2.05, 4.69) is 5.43 Å². The SMILES string of the molecule is NNc1cc(COCC2CCCCC2)ccc1[N+](=O)[O-]. The highest BCUT2D eigenvalue weighted by Crippen LogP contribution is 2.26. The average molecular weight is 279 g/mol. The van der Waals surface area contributed by atoms with Gasteiger partial charge in [0.25, 0.3) is 5.69 Å². The minimum absolute atomic E-state index is 0.0245. The van der Waals surface area contributed by atoms with Crippen LogP contribution in [0.5, 0.6) is 0 Å². The van der Waals surface area contributed by atoms with Crippen LogP contribution in [-0.4, -0.2) is 11.5 Å². The molecule has 0 radical (unpaired) electrons. The van der Waals surface area contributed by atoms with Crippen LogP contribution < -0.4 is 11.3 Å². The van der Waals surface area contributed by atoms with Crippen LogP contribution in [0.1, 0.15) is 37.7 Å². The van der Waals surface area contributed by atoms with Crippen molar-refractivity contribution in [3.8, 4) is 0 Å². The molecule has 1 fully saturated rings. The predicted octanol–water partition coefficient (Wildman–Crippen LogP) is 2.98. The number of nitrogens with one attached hydrogen (secondary N) is 1. The topological polar surface area (TPSA) is 90.4 Å². The molecular weight excluding hydrogens is 258 g/mol. The molecule has 0 aliphatic heterocycles. The lowest BCUT2D eigenvalue weighted by Crippen LogP contribution is -2.13. The van der Waals surface area contributed by atoms with Gasteiger partial charge in [0.2, 0.25) is 0 Å². The van der Waals surface area contributed by atoms with Gasteiger partial charge in [0, 0.05) is 12.7 Å². The van der Waals surface area contributed by atoms with Gasteiger partial charge in [0.15, 0.2) is 0 Å². The Morgan fingerprint density at radius 3 is 2.75 bits per heavy atom. The number of hydrazine groups is 1. The fourth-order valence-corrected chi connectivity index (χ4v) is 2.65. The zero-order valence-corrected chi connectivity index (χ0v) is 11.5. The van der Waals surface area contributed by atoms with E-state index in [9.17, 15) is 10.1 Å². The van der Waals surface area contributed by atoms with Gasteiger partial charge < -0.3 is 10.2 Å². The molecule has 0 unspecified atom stereocenters. The number of nitro groups is 1. The molecule has 1 saturated carbocycles. The summed E-state index contributed by atoms with van der Waals surface area (Å²) in [6.45, 7) is 1.23. The monoisotopic (exact) mass is 279 g/mol. The van der Waals surface area contributed by atoms with Gasteiger partial charge in [-0.25, -0.2) is 0 Å². The van der Waals surface area contributed by atoms with Crippen LogP contribution in [0.3, 0.4) is 0 Å². The van der Waals surface area contributed by atoms with Gasteiger partial charge in [-0.3, -0.25) is 16.0 Å². The van der Waals surface area contributed by atoms with Gasteiger partial charge in [0.1, 0.15) is 5.69 Å². The molecule has 6 heteroatoms. The summed E-state index contributed by atoms with van der Waals surface area (Å²) in [6.07, 6.45) is 6.43. The Morgan fingerprint density at radius 1 is 1.35 bits per heavy atom. The van der Waals surface area contributed by atoms with Crippen molar-refractivity contribution in [3.05, 3.63) is 33.9 Å². The molecule has 110 valence electrons. The molecule has 3 N–H and O–H groups in total. The molecule has 0 heterocycles. The Balaban J connectivity index is 1.87. The van der Waals surface area contributed by atoms with Crippen LogP contribution in [0.4, 0.5) is 11.4 Å². The molecular formula is C14H21N3O3. The fourth-order valence-electron chi connectivity index (χ4n) is 2.65. The fraction of sp³-hybridized carbons (Fsp3) is 0.571. The molecule has 0 aromatic heterocycles. The molecule has 1 aliphatic carbocycles. The highest BCUT2D eigenvalue weighted by molar-refractivity contribution is 5.61. The molecule has 0 bridgehead atoms. The van der Waals surface area contributed by atoms with E-state index in [0.717, 1.165) is 12.2 Å². The van der Waals surface area contributed by atoms with Gasteiger partial charge in [-0.15, -0.1) is 0 Å². The van der Waals surface area contributed by atoms with Crippen LogP contribution in [0.2, 0.25) is 0 Å². The average Bonchev–Trinajstić information content (AvgIpc) is 2.48. The van der Waals surface area contributed by atoms with Crippen LogP contribution in [0.15, 0.2) is 18.2 Å². The van der Waals surface area contributed by atoms with Gasteiger partial charge in [-0.2, -0.15) is 0 Å². The Bertz CT molecular complexity index is 459. The van der Waals surface area contributed by atoms with Crippen LogP contribution in [0, 0.1) is 16.0 Å². The number of nitrogens with two attached hydrogens (primary N) is 1. The maximum atomic E-state index is 10.8. The standard InChI is InChI=1S/C14H21N3O3/c15-16-13-8-12(6-7-14(13)17(18)19)10-20-9-11-4-2-1-3-5-11/h6-8,11,16H,1-5,9-10,15H2. The quantitative estimate of drug-likeness (QED) is 0.474. The zero-order chi connectivity index (χ0) is 14.4. The third kappa shape index (κ3) is 3.91. The van der Waals surface area contributed by atoms with Crippen molar-refractivity contribution >= 4 is 11.4 Å². The summed E-state index contributed by atoms with van der Waals surface area (Å²) < 4.78 is 5.72. The first kappa shape index (κ1) is 14.7. The van der Waals surface area contributed by atoms with Crippen LogP contribution >= 0.6 is 0 Å². The number of nitrogen functional groups attached to an aromatic ring is 1. The molecule has 1 aromatic rings. The van der Waals surface area contributed by atoms with Gasteiger partial charge in [-0.1, -0.05) is 19.3 Å². The Labute approximate surface area is 118 Å². The smallest absolute Gasteiger partial charge is 0.293 e. The van der Waals surface area contributed by atoms with E-state index in [0.29, 0.717) is 18.2 Å². The van der Waals surface area contributed by atoms with E-state index in [1.165, 1.54) is 38.2 Å². The van der Waals surface area contributed by atoms with E-state index in [-0.39, 0.29) is 5.69 Å². The molecule has 2 rings (SSSR count). The van der Waals surface area contributed by atoms with Crippen molar-refractivity contribution in [3.63, 3.8) is 0 Å². The Hall–Kier alpha value is -1.66. The van der Waals surface area contributed by atoms with Gasteiger partial charge >= 0.3 is 0 Å². The highest BCUT2D eigenvalue weighted by atomic mass is 16.6. The molecule has 20 heavy (non-hydrogen) atoms. The van der Waals surface area contributed by atoms with Crippen molar-refractivity contribution in [2.24, 2.45) is 11.8 Å². The third-order valence-electron chi connectivity index (χ3n) is 3.76. The first-order valence-corrected chi connectivity index (χ1v) is 7.02. The molecule has 6 nitrogen and oxygen atoms in total. The third-order valence-corrected chi connectivity index (χ3v) is 3.76. The lowest BCUT2D eigenvalue weighted by Gasteiger charge is -2.21. The molecule has 0 spiro atoms. The summed E-state index contributed by atoms with van der Waals surface area (Å²) in [5.41, 5.74) is 3.54. The summed E-state index contributed by atoms with van der Waals surface area (Å²) >= 11 is 0. The second-order valence-electron chi connectivity index (χ2n) is 5.27. The second kappa shape index (κ2) is 7.21. The van der Waals surface area contributed by atoms with Crippen molar-refractivity contribution in [1.29, 1.82) is 0 Å². The summed E-state index contributed by atoms with van der Waals surface area (Å²) in [5.74, 6) is 5.97. The van der Waals surface area contributed by atoms with E-state index in [1.54, 1.807) is 12.1 Å². The number of hydrogen-bond acceptors (Lipinski definition) is 5. The summed E-state index contributed by atoms with van der Waals surface area (Å²) in [6, 6.07) is 4.83. The number of nitro benzene ring substituents is 1. The minimum atomic E-state index is -0.456. The van der Waals surface area contributed by atoms with E-state index >= 15 is 0 Å². The van der Waals surface area contributed by atoms with E-state index < -0.39 is 4.92 Å². The zero-order valence-electron chi connectivity index (χ0n) is 11.5. The number of rotatable bonds is 6. The minimum Gasteiger partial charge on any atom is -0.376 e. The van der Waals surface area contributed by atoms with E-state index in [1.807, 2.05) is 0 Å². The van der Waals surface area contributed by atoms with Crippen molar-refractivity contribution < 1.29 is 9.66 Å². The number of anilines is 1. The van der Waals surface area contributed by atoms with Crippen LogP contribution in [-0.2, 0) is 11.3 Å². The largest absolute Gasteiger partial charge is 0.376 e. The molecule has 0 amide bonds. The highest BCUT2D eigenvalue weighted by Gasteiger charge is 2.15. The molecule has 0 saturated heterocycles. The number of ether oxygens (including phenoxy) is 1. The van der Waals surface area contributed by atoms with Gasteiger partial charge in [-0.05, 0) is 36.5 Å². The Morgan fingerprint density at radius 2 is 2.10 bits per heavy atom. The molecule has 0 atom stereocenters. The van der Waals surface area contributed by atoms with Crippen LogP contribution in [0.25, 0.3) is 0 Å². The summed E-state index contributed by atoms with van der Waals surface area (Å²) in [4.78, 5) is 10.3. The number of nitrogens with zero attached hydrogens (tertiary/aromatic N) is 1. The predicted molar refractivity (Wildman–Crippen MR) is 77.1 cm³/mol. The maximum absolute atomic E-state index is 10.8. The van der Waals surface area contributed by atoms with E-state index in [4.69, 9.17) is 10.6 Å². The lowest BCUT2D eigenvalue weighted by molar-refractivity contribution is -0.384. The lowest BCUT2D eigenvalue weighted by atomic mass is 9.90. The first-order valence-electron chi connectivity index (χ1n) is 7.02. The first-order chi connectivity index (χ1) is 9.70. The molecule has 1 aliphatic rings. The van der Waals surface area contributed by atoms with Crippen molar-refractivity contribution in [2.75, 3.05) is 12.0 Å². The Kier molecular flexibility index (Phi) is 5.31. The van der Waals surface area contributed by atoms with Crippen molar-refractivity contribution in [1.82, 2.24) is 0 Å². The summed E-state index contributed by atoms with van der Waals surface area (Å²) in [5, 5.41) is 10.8. The van der Waals surface area contributed by atoms with Crippen molar-refractivity contribution in [2.45, 2.75) is 38.7 Å². The summed E-state index contributed by atoms with van der Waals surface area (Å²) in [7, 11) is 0. The number of hydrogen-bond donors (Lipinski definition) is 2. The maximum Gasteiger partial charge on any atom is 0.293 e. The van der Waals surface area contributed by atoms with Gasteiger partial charge in [0.05, 0.1) is 11.5 Å².